The molecule has 0 bridgehead atoms. The zero-order chi connectivity index (χ0) is 44.1. The number of carbonyl (C=O) groups excluding carboxylic acids is 1. The highest BCUT2D eigenvalue weighted by Gasteiger charge is 2.51. The second-order valence-electron chi connectivity index (χ2n) is 16.2. The molecule has 1 aliphatic rings. The molecule has 1 fully saturated rings. The molecule has 0 aromatic heterocycles. The van der Waals surface area contributed by atoms with Gasteiger partial charge in [0.2, 0.25) is 0 Å². The number of ether oxygens (including phenoxy) is 2. The predicted octanol–water partition coefficient (Wildman–Crippen LogP) is 9.64. The Morgan fingerprint density at radius 1 is 0.550 bits per heavy atom. The lowest BCUT2D eigenvalue weighted by atomic mass is 9.85. The standard InChI is InChI=1S/C47H85O12P/c1-3-5-7-9-11-13-15-17-19-21-22-24-26-28-30-32-34-36-41(48)58-40(39-57-60(54,55)59-47-45(52)43(50)42(49)44(51)46(47)53)38-56-37-35-33-31-29-27-25-23-20-18-16-14-12-10-8-6-4-2/h5,7,11,13,17-20,40,42-47,49-53H,3-4,6,8-10,12,14-16,21-39H2,1-2H3,(H,54,55)/b7-5-,13-11-,19-17-,20-18-. The maximum Gasteiger partial charge on any atom is 0.472 e. The zero-order valence-corrected chi connectivity index (χ0v) is 38.1. The quantitative estimate of drug-likeness (QED) is 0.0149. The van der Waals surface area contributed by atoms with Crippen LogP contribution < -0.4 is 0 Å². The van der Waals surface area contributed by atoms with E-state index in [1.807, 2.05) is 0 Å². The van der Waals surface area contributed by atoms with E-state index in [9.17, 15) is 39.8 Å². The summed E-state index contributed by atoms with van der Waals surface area (Å²) in [5, 5.41) is 50.2. The topological polar surface area (TPSA) is 192 Å². The molecule has 0 aromatic carbocycles. The first-order chi connectivity index (χ1) is 29.0. The summed E-state index contributed by atoms with van der Waals surface area (Å²) in [7, 11) is -5.02. The number of unbranched alkanes of at least 4 members (excludes halogenated alkanes) is 19. The molecule has 1 saturated carbocycles. The Morgan fingerprint density at radius 2 is 0.983 bits per heavy atom. The number of esters is 1. The first-order valence-corrected chi connectivity index (χ1v) is 25.0. The van der Waals surface area contributed by atoms with Crippen molar-refractivity contribution in [1.82, 2.24) is 0 Å². The van der Waals surface area contributed by atoms with Crippen LogP contribution in [-0.2, 0) is 27.9 Å². The average Bonchev–Trinajstić information content (AvgIpc) is 3.23. The van der Waals surface area contributed by atoms with E-state index in [4.69, 9.17) is 18.5 Å². The van der Waals surface area contributed by atoms with E-state index in [-0.39, 0.29) is 13.0 Å². The molecule has 6 atom stereocenters. The molecule has 0 heterocycles. The number of hydrogen-bond donors (Lipinski definition) is 6. The Bertz CT molecular complexity index is 1180. The summed E-state index contributed by atoms with van der Waals surface area (Å²) in [5.41, 5.74) is 0. The van der Waals surface area contributed by atoms with Crippen LogP contribution in [0.4, 0.5) is 0 Å². The zero-order valence-electron chi connectivity index (χ0n) is 37.2. The van der Waals surface area contributed by atoms with Gasteiger partial charge in [0.05, 0.1) is 13.2 Å². The minimum absolute atomic E-state index is 0.0857. The van der Waals surface area contributed by atoms with Crippen molar-refractivity contribution in [2.24, 2.45) is 0 Å². The van der Waals surface area contributed by atoms with E-state index in [2.05, 4.69) is 62.5 Å². The first-order valence-electron chi connectivity index (χ1n) is 23.5. The summed E-state index contributed by atoms with van der Waals surface area (Å²) in [5.74, 6) is -0.490. The summed E-state index contributed by atoms with van der Waals surface area (Å²) < 4.78 is 34.2. The highest BCUT2D eigenvalue weighted by atomic mass is 31.2. The number of allylic oxidation sites excluding steroid dienone is 8. The molecule has 6 N–H and O–H groups in total. The normalized spacial score (nSPS) is 22.7. The van der Waals surface area contributed by atoms with Gasteiger partial charge in [0, 0.05) is 13.0 Å². The third kappa shape index (κ3) is 29.6. The molecule has 350 valence electrons. The summed E-state index contributed by atoms with van der Waals surface area (Å²) in [6, 6.07) is 0. The Hall–Kier alpha value is -1.70. The molecule has 0 amide bonds. The van der Waals surface area contributed by atoms with Crippen LogP contribution >= 0.6 is 7.82 Å². The van der Waals surface area contributed by atoms with Gasteiger partial charge in [-0.3, -0.25) is 13.8 Å². The van der Waals surface area contributed by atoms with Crippen LogP contribution in [0.25, 0.3) is 0 Å². The van der Waals surface area contributed by atoms with Crippen LogP contribution in [0.2, 0.25) is 0 Å². The summed E-state index contributed by atoms with van der Waals surface area (Å²) in [4.78, 5) is 23.2. The minimum atomic E-state index is -5.02. The summed E-state index contributed by atoms with van der Waals surface area (Å²) in [6.07, 6.45) is 33.2. The molecule has 0 radical (unpaired) electrons. The number of hydrogen-bond acceptors (Lipinski definition) is 11. The van der Waals surface area contributed by atoms with Crippen LogP contribution in [0.3, 0.4) is 0 Å². The monoisotopic (exact) mass is 873 g/mol. The van der Waals surface area contributed by atoms with Gasteiger partial charge < -0.3 is 39.9 Å². The maximum absolute atomic E-state index is 12.8. The SMILES string of the molecule is CC/C=C\C/C=C\C/C=C\CCCCCCCCCC(=O)OC(COCCCCCCCC/C=C\CCCCCCCC)COP(=O)(O)OC1C(O)C(O)C(O)C(O)C1O. The molecule has 0 aromatic rings. The van der Waals surface area contributed by atoms with Gasteiger partial charge >= 0.3 is 13.8 Å². The molecular weight excluding hydrogens is 787 g/mol. The second-order valence-corrected chi connectivity index (χ2v) is 17.6. The smallest absolute Gasteiger partial charge is 0.457 e. The fourth-order valence-corrected chi connectivity index (χ4v) is 7.92. The van der Waals surface area contributed by atoms with E-state index in [1.54, 1.807) is 0 Å². The molecule has 12 nitrogen and oxygen atoms in total. The second kappa shape index (κ2) is 37.8. The van der Waals surface area contributed by atoms with E-state index in [1.165, 1.54) is 64.2 Å². The van der Waals surface area contributed by atoms with Crippen LogP contribution in [0, 0.1) is 0 Å². The van der Waals surface area contributed by atoms with Crippen LogP contribution in [-0.4, -0.2) is 98.9 Å². The lowest BCUT2D eigenvalue weighted by Gasteiger charge is -2.41. The van der Waals surface area contributed by atoms with Crippen molar-refractivity contribution < 1.29 is 58.3 Å². The number of aliphatic hydroxyl groups excluding tert-OH is 5. The Balaban J connectivity index is 2.40. The first kappa shape index (κ1) is 56.3. The van der Waals surface area contributed by atoms with Gasteiger partial charge in [-0.2, -0.15) is 0 Å². The molecule has 0 spiro atoms. The molecule has 0 aliphatic heterocycles. The highest BCUT2D eigenvalue weighted by Crippen LogP contribution is 2.47. The van der Waals surface area contributed by atoms with Crippen LogP contribution in [0.5, 0.6) is 0 Å². The van der Waals surface area contributed by atoms with Gasteiger partial charge in [-0.1, -0.05) is 152 Å². The van der Waals surface area contributed by atoms with Gasteiger partial charge in [-0.15, -0.1) is 0 Å². The molecule has 6 unspecified atom stereocenters. The van der Waals surface area contributed by atoms with E-state index in [0.29, 0.717) is 13.0 Å². The predicted molar refractivity (Wildman–Crippen MR) is 239 cm³/mol. The highest BCUT2D eigenvalue weighted by molar-refractivity contribution is 7.47. The summed E-state index contributed by atoms with van der Waals surface area (Å²) >= 11 is 0. The van der Waals surface area contributed by atoms with Crippen molar-refractivity contribution in [3.05, 3.63) is 48.6 Å². The van der Waals surface area contributed by atoms with Gasteiger partial charge in [-0.05, 0) is 70.6 Å². The summed E-state index contributed by atoms with van der Waals surface area (Å²) in [6.45, 7) is 4.12. The maximum atomic E-state index is 12.8. The lowest BCUT2D eigenvalue weighted by molar-refractivity contribution is -0.220. The Labute approximate surface area is 363 Å². The van der Waals surface area contributed by atoms with Gasteiger partial charge in [-0.25, -0.2) is 4.57 Å². The number of carbonyl (C=O) groups is 1. The Kier molecular flexibility index (Phi) is 35.5. The number of phosphoric ester groups is 1. The van der Waals surface area contributed by atoms with Crippen molar-refractivity contribution in [3.63, 3.8) is 0 Å². The molecule has 1 aliphatic carbocycles. The molecular formula is C47H85O12P. The minimum Gasteiger partial charge on any atom is -0.457 e. The van der Waals surface area contributed by atoms with Crippen molar-refractivity contribution in [3.8, 4) is 0 Å². The number of aliphatic hydroxyl groups is 5. The third-order valence-corrected chi connectivity index (χ3v) is 11.7. The molecule has 13 heteroatoms. The lowest BCUT2D eigenvalue weighted by Crippen LogP contribution is -2.64. The van der Waals surface area contributed by atoms with E-state index >= 15 is 0 Å². The van der Waals surface area contributed by atoms with E-state index in [0.717, 1.165) is 89.9 Å². The Morgan fingerprint density at radius 3 is 1.52 bits per heavy atom. The van der Waals surface area contributed by atoms with Crippen molar-refractivity contribution in [1.29, 1.82) is 0 Å². The molecule has 1 rings (SSSR count). The van der Waals surface area contributed by atoms with Gasteiger partial charge in [0.1, 0.15) is 42.7 Å². The van der Waals surface area contributed by atoms with Gasteiger partial charge in [0.25, 0.3) is 0 Å². The van der Waals surface area contributed by atoms with Crippen LogP contribution in [0.15, 0.2) is 48.6 Å². The van der Waals surface area contributed by atoms with Crippen LogP contribution in [0.1, 0.15) is 181 Å². The van der Waals surface area contributed by atoms with Gasteiger partial charge in [0.15, 0.2) is 0 Å². The number of rotatable bonds is 39. The van der Waals surface area contributed by atoms with Crippen molar-refractivity contribution in [2.75, 3.05) is 19.8 Å². The molecule has 60 heavy (non-hydrogen) atoms. The largest absolute Gasteiger partial charge is 0.472 e. The van der Waals surface area contributed by atoms with Crippen molar-refractivity contribution >= 4 is 13.8 Å². The third-order valence-electron chi connectivity index (χ3n) is 10.7. The van der Waals surface area contributed by atoms with E-state index < -0.39 is 63.1 Å². The molecule has 0 saturated heterocycles. The van der Waals surface area contributed by atoms with Crippen molar-refractivity contribution in [2.45, 2.75) is 224 Å². The fraction of sp³-hybridized carbons (Fsp3) is 0.809. The average molecular weight is 873 g/mol. The number of phosphoric acid groups is 1. The fourth-order valence-electron chi connectivity index (χ4n) is 6.95.